The minimum Gasteiger partial charge on any atom is -0.466 e. The first kappa shape index (κ1) is 9.77. The fourth-order valence-electron chi connectivity index (χ4n) is 1.01. The quantitative estimate of drug-likeness (QED) is 0.864. The number of rotatable bonds is 4. The van der Waals surface area contributed by atoms with E-state index in [1.54, 1.807) is 13.4 Å². The van der Waals surface area contributed by atoms with Gasteiger partial charge in [-0.1, -0.05) is 0 Å². The average Bonchev–Trinajstić information content (AvgIpc) is 2.47. The normalized spacial score (nSPS) is 13.2. The van der Waals surface area contributed by atoms with Crippen LogP contribution in [0.5, 0.6) is 0 Å². The Morgan fingerprint density at radius 2 is 2.50 bits per heavy atom. The van der Waals surface area contributed by atoms with Gasteiger partial charge in [0.15, 0.2) is 0 Å². The van der Waals surface area contributed by atoms with E-state index >= 15 is 0 Å². The van der Waals surface area contributed by atoms with Crippen LogP contribution in [0.25, 0.3) is 0 Å². The molecular weight excluding hydrogens is 222 g/mol. The highest BCUT2D eigenvalue weighted by Crippen LogP contribution is 2.24. The van der Waals surface area contributed by atoms with E-state index in [9.17, 15) is 0 Å². The summed E-state index contributed by atoms with van der Waals surface area (Å²) >= 11 is 3.39. The van der Waals surface area contributed by atoms with Gasteiger partial charge in [-0.25, -0.2) is 0 Å². The maximum absolute atomic E-state index is 5.28. The Kier molecular flexibility index (Phi) is 3.78. The molecule has 0 aliphatic rings. The largest absolute Gasteiger partial charge is 0.466 e. The van der Waals surface area contributed by atoms with Gasteiger partial charge in [0.2, 0.25) is 0 Å². The number of ether oxygens (including phenoxy) is 1. The van der Waals surface area contributed by atoms with E-state index in [0.717, 1.165) is 10.2 Å². The zero-order valence-corrected chi connectivity index (χ0v) is 8.72. The monoisotopic (exact) mass is 233 g/mol. The number of furan rings is 1. The van der Waals surface area contributed by atoms with Crippen LogP contribution in [0.15, 0.2) is 21.2 Å². The Bertz CT molecular complexity index is 237. The summed E-state index contributed by atoms with van der Waals surface area (Å²) in [5.74, 6) is 0.874. The molecule has 12 heavy (non-hydrogen) atoms. The number of methoxy groups -OCH3 is 1. The molecule has 0 aliphatic carbocycles. The van der Waals surface area contributed by atoms with Gasteiger partial charge >= 0.3 is 0 Å². The van der Waals surface area contributed by atoms with Gasteiger partial charge in [0, 0.05) is 7.11 Å². The number of nitrogens with one attached hydrogen (secondary N) is 1. The van der Waals surface area contributed by atoms with Crippen LogP contribution in [0.4, 0.5) is 0 Å². The van der Waals surface area contributed by atoms with Gasteiger partial charge in [-0.15, -0.1) is 0 Å². The minimum atomic E-state index is 0.111. The van der Waals surface area contributed by atoms with Crippen LogP contribution in [0.3, 0.4) is 0 Å². The maximum atomic E-state index is 5.28. The molecular formula is C8H12BrNO2. The second-order valence-corrected chi connectivity index (χ2v) is 3.28. The zero-order valence-electron chi connectivity index (χ0n) is 7.13. The molecule has 1 rings (SSSR count). The summed E-state index contributed by atoms with van der Waals surface area (Å²) in [5, 5.41) is 3.10. The van der Waals surface area contributed by atoms with Crippen molar-refractivity contribution in [2.24, 2.45) is 0 Å². The average molecular weight is 234 g/mol. The summed E-state index contributed by atoms with van der Waals surface area (Å²) in [5.41, 5.74) is 0. The van der Waals surface area contributed by atoms with Crippen molar-refractivity contribution in [3.05, 3.63) is 22.6 Å². The number of hydrogen-bond acceptors (Lipinski definition) is 3. The van der Waals surface area contributed by atoms with Crippen molar-refractivity contribution >= 4 is 15.9 Å². The summed E-state index contributed by atoms with van der Waals surface area (Å²) in [7, 11) is 3.54. The van der Waals surface area contributed by atoms with Crippen LogP contribution in [-0.4, -0.2) is 20.8 Å². The lowest BCUT2D eigenvalue weighted by Gasteiger charge is -2.12. The zero-order chi connectivity index (χ0) is 8.97. The molecule has 1 aromatic rings. The van der Waals surface area contributed by atoms with Gasteiger partial charge in [0.05, 0.1) is 23.4 Å². The van der Waals surface area contributed by atoms with Gasteiger partial charge < -0.3 is 14.5 Å². The molecule has 0 fully saturated rings. The number of likely N-dealkylation sites (N-methyl/N-ethyl adjacent to an activating group) is 1. The molecule has 4 heteroatoms. The third-order valence-electron chi connectivity index (χ3n) is 1.64. The van der Waals surface area contributed by atoms with Crippen molar-refractivity contribution in [1.29, 1.82) is 0 Å². The van der Waals surface area contributed by atoms with E-state index in [1.807, 2.05) is 13.1 Å². The lowest BCUT2D eigenvalue weighted by atomic mass is 10.2. The Balaban J connectivity index is 2.72. The molecule has 0 amide bonds. The molecule has 0 radical (unpaired) electrons. The predicted octanol–water partition coefficient (Wildman–Crippen LogP) is 1.95. The van der Waals surface area contributed by atoms with Crippen molar-refractivity contribution in [1.82, 2.24) is 5.32 Å². The van der Waals surface area contributed by atoms with Crippen molar-refractivity contribution in [2.75, 3.05) is 20.8 Å². The molecule has 1 aromatic heterocycles. The molecule has 0 bridgehead atoms. The van der Waals surface area contributed by atoms with Crippen molar-refractivity contribution < 1.29 is 9.15 Å². The molecule has 68 valence electrons. The van der Waals surface area contributed by atoms with Gasteiger partial charge in [-0.2, -0.15) is 0 Å². The number of halogens is 1. The summed E-state index contributed by atoms with van der Waals surface area (Å²) in [6, 6.07) is 1.98. The van der Waals surface area contributed by atoms with Crippen LogP contribution in [-0.2, 0) is 4.74 Å². The van der Waals surface area contributed by atoms with Crippen LogP contribution in [0, 0.1) is 0 Å². The van der Waals surface area contributed by atoms with Crippen LogP contribution < -0.4 is 5.32 Å². The molecule has 0 aliphatic heterocycles. The second-order valence-electron chi connectivity index (χ2n) is 2.43. The molecule has 1 unspecified atom stereocenters. The minimum absolute atomic E-state index is 0.111. The van der Waals surface area contributed by atoms with E-state index in [1.165, 1.54) is 0 Å². The molecule has 1 atom stereocenters. The smallest absolute Gasteiger partial charge is 0.137 e. The lowest BCUT2D eigenvalue weighted by Crippen LogP contribution is -2.20. The van der Waals surface area contributed by atoms with Crippen molar-refractivity contribution in [2.45, 2.75) is 6.04 Å². The van der Waals surface area contributed by atoms with Crippen molar-refractivity contribution in [3.63, 3.8) is 0 Å². The first-order chi connectivity index (χ1) is 5.79. The third-order valence-corrected chi connectivity index (χ3v) is 2.30. The van der Waals surface area contributed by atoms with Gasteiger partial charge in [-0.3, -0.25) is 0 Å². The third kappa shape index (κ3) is 2.09. The maximum Gasteiger partial charge on any atom is 0.137 e. The van der Waals surface area contributed by atoms with Gasteiger partial charge in [0.25, 0.3) is 0 Å². The molecule has 1 heterocycles. The fourth-order valence-corrected chi connectivity index (χ4v) is 1.49. The number of hydrogen-bond donors (Lipinski definition) is 1. The summed E-state index contributed by atoms with van der Waals surface area (Å²) in [6.07, 6.45) is 1.65. The molecule has 0 aromatic carbocycles. The standard InChI is InChI=1S/C8H12BrNO2/c1-10-7(5-11-2)8-6(9)3-4-12-8/h3-4,7,10H,5H2,1-2H3. The summed E-state index contributed by atoms with van der Waals surface area (Å²) in [6.45, 7) is 0.600. The van der Waals surface area contributed by atoms with Crippen LogP contribution in [0.2, 0.25) is 0 Å². The Labute approximate surface area is 80.2 Å². The van der Waals surface area contributed by atoms with Gasteiger partial charge in [0.1, 0.15) is 5.76 Å². The molecule has 0 saturated heterocycles. The van der Waals surface area contributed by atoms with Crippen molar-refractivity contribution in [3.8, 4) is 0 Å². The molecule has 0 spiro atoms. The van der Waals surface area contributed by atoms with Gasteiger partial charge in [-0.05, 0) is 29.0 Å². The highest BCUT2D eigenvalue weighted by molar-refractivity contribution is 9.10. The van der Waals surface area contributed by atoms with E-state index in [2.05, 4.69) is 21.2 Å². The lowest BCUT2D eigenvalue weighted by molar-refractivity contribution is 0.160. The topological polar surface area (TPSA) is 34.4 Å². The second kappa shape index (κ2) is 4.64. The fraction of sp³-hybridized carbons (Fsp3) is 0.500. The molecule has 0 saturated carbocycles. The predicted molar refractivity (Wildman–Crippen MR) is 50.1 cm³/mol. The van der Waals surface area contributed by atoms with E-state index < -0.39 is 0 Å². The Hall–Kier alpha value is -0.320. The van der Waals surface area contributed by atoms with Crippen LogP contribution in [0.1, 0.15) is 11.8 Å². The van der Waals surface area contributed by atoms with Crippen LogP contribution >= 0.6 is 15.9 Å². The summed E-state index contributed by atoms with van der Waals surface area (Å²) in [4.78, 5) is 0. The van der Waals surface area contributed by atoms with E-state index in [4.69, 9.17) is 9.15 Å². The molecule has 3 nitrogen and oxygen atoms in total. The SMILES string of the molecule is CNC(COC)c1occc1Br. The first-order valence-corrected chi connectivity index (χ1v) is 4.48. The van der Waals surface area contributed by atoms with E-state index in [-0.39, 0.29) is 6.04 Å². The first-order valence-electron chi connectivity index (χ1n) is 3.68. The highest BCUT2D eigenvalue weighted by Gasteiger charge is 2.15. The summed E-state index contributed by atoms with van der Waals surface area (Å²) < 4.78 is 11.3. The highest BCUT2D eigenvalue weighted by atomic mass is 79.9. The Morgan fingerprint density at radius 3 is 2.92 bits per heavy atom. The van der Waals surface area contributed by atoms with E-state index in [0.29, 0.717) is 6.61 Å². The molecule has 1 N–H and O–H groups in total. The Morgan fingerprint density at radius 1 is 1.75 bits per heavy atom.